The standard InChI is InChI=1S/C15H17F2N3OS/c1-9(11-4-5-13(16)14(17)6-11)20(3)7-12-8-22-15(19-12)18-10(2)21/h4-6,8-9H,7H2,1-3H3,(H,18,19,21). The number of carbonyl (C=O) groups excluding carboxylic acids is 1. The van der Waals surface area contributed by atoms with Crippen molar-refractivity contribution in [2.45, 2.75) is 26.4 Å². The number of hydrogen-bond acceptors (Lipinski definition) is 4. The highest BCUT2D eigenvalue weighted by Gasteiger charge is 2.15. The van der Waals surface area contributed by atoms with Crippen molar-refractivity contribution in [2.75, 3.05) is 12.4 Å². The topological polar surface area (TPSA) is 45.2 Å². The quantitative estimate of drug-likeness (QED) is 0.914. The Morgan fingerprint density at radius 1 is 1.41 bits per heavy atom. The summed E-state index contributed by atoms with van der Waals surface area (Å²) in [4.78, 5) is 17.3. The lowest BCUT2D eigenvalue weighted by molar-refractivity contribution is -0.114. The molecule has 1 heterocycles. The second-order valence-corrected chi connectivity index (χ2v) is 5.95. The fourth-order valence-corrected chi connectivity index (χ4v) is 2.75. The van der Waals surface area contributed by atoms with Gasteiger partial charge in [0.25, 0.3) is 0 Å². The Morgan fingerprint density at radius 3 is 2.77 bits per heavy atom. The minimum Gasteiger partial charge on any atom is -0.302 e. The predicted molar refractivity (Wildman–Crippen MR) is 82.7 cm³/mol. The summed E-state index contributed by atoms with van der Waals surface area (Å²) in [6.45, 7) is 3.88. The Balaban J connectivity index is 2.04. The third-order valence-corrected chi connectivity index (χ3v) is 4.14. The molecule has 0 saturated carbocycles. The Labute approximate surface area is 131 Å². The number of rotatable bonds is 5. The van der Waals surface area contributed by atoms with E-state index >= 15 is 0 Å². The van der Waals surface area contributed by atoms with E-state index in [9.17, 15) is 13.6 Å². The van der Waals surface area contributed by atoms with Crippen molar-refractivity contribution in [1.29, 1.82) is 0 Å². The maximum Gasteiger partial charge on any atom is 0.223 e. The first-order chi connectivity index (χ1) is 10.4. The van der Waals surface area contributed by atoms with Gasteiger partial charge in [0.15, 0.2) is 16.8 Å². The van der Waals surface area contributed by atoms with E-state index in [0.717, 1.165) is 11.8 Å². The van der Waals surface area contributed by atoms with Gasteiger partial charge >= 0.3 is 0 Å². The molecular formula is C15H17F2N3OS. The second-order valence-electron chi connectivity index (χ2n) is 5.09. The Kier molecular flexibility index (Phi) is 5.20. The molecule has 0 radical (unpaired) electrons. The number of carbonyl (C=O) groups is 1. The smallest absolute Gasteiger partial charge is 0.223 e. The molecular weight excluding hydrogens is 308 g/mol. The zero-order valence-electron chi connectivity index (χ0n) is 12.6. The van der Waals surface area contributed by atoms with Crippen LogP contribution in [-0.4, -0.2) is 22.8 Å². The van der Waals surface area contributed by atoms with Crippen molar-refractivity contribution in [3.63, 3.8) is 0 Å². The molecule has 2 rings (SSSR count). The van der Waals surface area contributed by atoms with Gasteiger partial charge in [0.1, 0.15) is 0 Å². The van der Waals surface area contributed by atoms with Gasteiger partial charge in [0, 0.05) is 24.9 Å². The van der Waals surface area contributed by atoms with Crippen LogP contribution >= 0.6 is 11.3 Å². The van der Waals surface area contributed by atoms with Crippen LogP contribution in [0.2, 0.25) is 0 Å². The molecule has 0 aliphatic heterocycles. The SMILES string of the molecule is CC(=O)Nc1nc(CN(C)C(C)c2ccc(F)c(F)c2)cs1. The molecule has 1 amide bonds. The molecule has 0 aliphatic rings. The molecule has 0 bridgehead atoms. The summed E-state index contributed by atoms with van der Waals surface area (Å²) in [6, 6.07) is 3.82. The summed E-state index contributed by atoms with van der Waals surface area (Å²) >= 11 is 1.35. The summed E-state index contributed by atoms with van der Waals surface area (Å²) in [5, 5.41) is 5.04. The largest absolute Gasteiger partial charge is 0.302 e. The van der Waals surface area contributed by atoms with E-state index in [2.05, 4.69) is 10.3 Å². The highest BCUT2D eigenvalue weighted by Crippen LogP contribution is 2.23. The van der Waals surface area contributed by atoms with Crippen LogP contribution in [0.5, 0.6) is 0 Å². The molecule has 2 aromatic rings. The average Bonchev–Trinajstić information content (AvgIpc) is 2.87. The van der Waals surface area contributed by atoms with Crippen LogP contribution in [0.1, 0.15) is 31.1 Å². The third kappa shape index (κ3) is 4.08. The summed E-state index contributed by atoms with van der Waals surface area (Å²) in [5.74, 6) is -1.86. The molecule has 7 heteroatoms. The van der Waals surface area contributed by atoms with Gasteiger partial charge in [-0.3, -0.25) is 9.69 Å². The van der Waals surface area contributed by atoms with Crippen molar-refractivity contribution in [1.82, 2.24) is 9.88 Å². The first kappa shape index (κ1) is 16.5. The Morgan fingerprint density at radius 2 is 2.14 bits per heavy atom. The van der Waals surface area contributed by atoms with Gasteiger partial charge in [-0.15, -0.1) is 11.3 Å². The van der Waals surface area contributed by atoms with Gasteiger partial charge in [0.2, 0.25) is 5.91 Å². The number of anilines is 1. The van der Waals surface area contributed by atoms with Crippen molar-refractivity contribution in [3.8, 4) is 0 Å². The molecule has 0 saturated heterocycles. The number of amides is 1. The fraction of sp³-hybridized carbons (Fsp3) is 0.333. The summed E-state index contributed by atoms with van der Waals surface area (Å²) < 4.78 is 26.3. The lowest BCUT2D eigenvalue weighted by Crippen LogP contribution is -2.22. The number of thiazole rings is 1. The van der Waals surface area contributed by atoms with Crippen molar-refractivity contribution in [3.05, 3.63) is 46.5 Å². The van der Waals surface area contributed by atoms with Gasteiger partial charge in [-0.05, 0) is 31.7 Å². The van der Waals surface area contributed by atoms with Crippen LogP contribution in [-0.2, 0) is 11.3 Å². The molecule has 0 spiro atoms. The first-order valence-electron chi connectivity index (χ1n) is 6.74. The molecule has 1 unspecified atom stereocenters. The third-order valence-electron chi connectivity index (χ3n) is 3.33. The number of aromatic nitrogens is 1. The second kappa shape index (κ2) is 6.93. The van der Waals surface area contributed by atoms with Gasteiger partial charge in [0.05, 0.1) is 5.69 Å². The van der Waals surface area contributed by atoms with Gasteiger partial charge in [-0.1, -0.05) is 6.07 Å². The maximum atomic E-state index is 13.3. The molecule has 118 valence electrons. The lowest BCUT2D eigenvalue weighted by Gasteiger charge is -2.24. The highest BCUT2D eigenvalue weighted by molar-refractivity contribution is 7.13. The first-order valence-corrected chi connectivity index (χ1v) is 7.62. The molecule has 22 heavy (non-hydrogen) atoms. The van der Waals surface area contributed by atoms with Crippen LogP contribution in [0.15, 0.2) is 23.6 Å². The number of nitrogens with one attached hydrogen (secondary N) is 1. The van der Waals surface area contributed by atoms with Crippen LogP contribution < -0.4 is 5.32 Å². The monoisotopic (exact) mass is 325 g/mol. The van der Waals surface area contributed by atoms with E-state index in [0.29, 0.717) is 17.2 Å². The molecule has 0 fully saturated rings. The Bertz CT molecular complexity index is 675. The van der Waals surface area contributed by atoms with E-state index in [-0.39, 0.29) is 11.9 Å². The number of nitrogens with zero attached hydrogens (tertiary/aromatic N) is 2. The zero-order valence-corrected chi connectivity index (χ0v) is 13.4. The van der Waals surface area contributed by atoms with E-state index in [1.807, 2.05) is 24.3 Å². The summed E-state index contributed by atoms with van der Waals surface area (Å²) in [5.41, 5.74) is 1.50. The van der Waals surface area contributed by atoms with Crippen LogP contribution in [0.4, 0.5) is 13.9 Å². The number of hydrogen-bond donors (Lipinski definition) is 1. The van der Waals surface area contributed by atoms with Crippen molar-refractivity contribution < 1.29 is 13.6 Å². The number of benzene rings is 1. The van der Waals surface area contributed by atoms with Gasteiger partial charge < -0.3 is 5.32 Å². The van der Waals surface area contributed by atoms with Crippen LogP contribution in [0.25, 0.3) is 0 Å². The molecule has 1 N–H and O–H groups in total. The summed E-state index contributed by atoms with van der Waals surface area (Å²) in [6.07, 6.45) is 0. The van der Waals surface area contributed by atoms with Crippen molar-refractivity contribution in [2.24, 2.45) is 0 Å². The molecule has 0 aliphatic carbocycles. The molecule has 4 nitrogen and oxygen atoms in total. The number of halogens is 2. The molecule has 1 atom stereocenters. The fourth-order valence-electron chi connectivity index (χ4n) is 2.01. The normalized spacial score (nSPS) is 12.5. The van der Waals surface area contributed by atoms with Gasteiger partial charge in [-0.2, -0.15) is 0 Å². The van der Waals surface area contributed by atoms with Crippen LogP contribution in [0.3, 0.4) is 0 Å². The average molecular weight is 325 g/mol. The lowest BCUT2D eigenvalue weighted by atomic mass is 10.1. The van der Waals surface area contributed by atoms with E-state index in [1.165, 1.54) is 24.3 Å². The Hall–Kier alpha value is -1.86. The van der Waals surface area contributed by atoms with Crippen molar-refractivity contribution >= 4 is 22.4 Å². The summed E-state index contributed by atoms with van der Waals surface area (Å²) in [7, 11) is 1.88. The zero-order chi connectivity index (χ0) is 16.3. The van der Waals surface area contributed by atoms with Gasteiger partial charge in [-0.25, -0.2) is 13.8 Å². The predicted octanol–water partition coefficient (Wildman–Crippen LogP) is 3.57. The van der Waals surface area contributed by atoms with E-state index < -0.39 is 11.6 Å². The molecule has 1 aromatic carbocycles. The van der Waals surface area contributed by atoms with E-state index in [1.54, 1.807) is 6.07 Å². The minimum atomic E-state index is -0.849. The molecule has 1 aromatic heterocycles. The van der Waals surface area contributed by atoms with Crippen LogP contribution in [0, 0.1) is 11.6 Å². The minimum absolute atomic E-state index is 0.0963. The van der Waals surface area contributed by atoms with E-state index in [4.69, 9.17) is 0 Å². The highest BCUT2D eigenvalue weighted by atomic mass is 32.1. The maximum absolute atomic E-state index is 13.3.